The number of halogens is 2. The lowest BCUT2D eigenvalue weighted by Crippen LogP contribution is -2.43. The molecule has 0 fully saturated rings. The number of carbonyl (C=O) groups is 1. The molecule has 0 radical (unpaired) electrons. The maximum atomic E-state index is 13.2. The Morgan fingerprint density at radius 1 is 1.25 bits per heavy atom. The molecule has 1 atom stereocenters. The topological polar surface area (TPSA) is 59.2 Å². The molecule has 4 nitrogen and oxygen atoms in total. The molecule has 3 rings (SSSR count). The van der Waals surface area contributed by atoms with Crippen LogP contribution in [0.5, 0.6) is 0 Å². The Bertz CT molecular complexity index is 876. The van der Waals surface area contributed by atoms with Gasteiger partial charge in [-0.2, -0.15) is 4.37 Å². The van der Waals surface area contributed by atoms with Crippen LogP contribution in [0, 0.1) is 11.6 Å². The summed E-state index contributed by atoms with van der Waals surface area (Å²) in [6, 6.07) is 7.80. The Kier molecular flexibility index (Phi) is 4.55. The fraction of sp³-hybridized carbons (Fsp3) is 0.176. The second-order valence-electron chi connectivity index (χ2n) is 5.53. The smallest absolute Gasteiger partial charge is 0.243 e. The molecule has 124 valence electrons. The molecule has 0 bridgehead atoms. The van der Waals surface area contributed by atoms with Crippen LogP contribution in [0.1, 0.15) is 5.56 Å². The summed E-state index contributed by atoms with van der Waals surface area (Å²) < 4.78 is 31.6. The van der Waals surface area contributed by atoms with Gasteiger partial charge in [0.05, 0.1) is 10.7 Å². The summed E-state index contributed by atoms with van der Waals surface area (Å²) in [6.07, 6.45) is 1.79. The van der Waals surface area contributed by atoms with Crippen LogP contribution in [0.3, 0.4) is 0 Å². The number of rotatable bonds is 4. The number of benzene rings is 2. The van der Waals surface area contributed by atoms with Crippen molar-refractivity contribution in [1.29, 1.82) is 0 Å². The lowest BCUT2D eigenvalue weighted by Gasteiger charge is -2.21. The molecule has 0 saturated carbocycles. The van der Waals surface area contributed by atoms with E-state index in [1.54, 1.807) is 13.2 Å². The summed E-state index contributed by atoms with van der Waals surface area (Å²) in [5.74, 6) is -1.70. The maximum absolute atomic E-state index is 13.2. The number of nitrogens with two attached hydrogens (primary N) is 1. The van der Waals surface area contributed by atoms with Crippen molar-refractivity contribution in [3.8, 4) is 0 Å². The van der Waals surface area contributed by atoms with Crippen molar-refractivity contribution in [2.75, 3.05) is 11.9 Å². The molecule has 24 heavy (non-hydrogen) atoms. The van der Waals surface area contributed by atoms with E-state index >= 15 is 0 Å². The van der Waals surface area contributed by atoms with Gasteiger partial charge in [0.1, 0.15) is 11.6 Å². The van der Waals surface area contributed by atoms with Crippen LogP contribution in [0.4, 0.5) is 14.5 Å². The lowest BCUT2D eigenvalue weighted by molar-refractivity contribution is -0.119. The first kappa shape index (κ1) is 16.5. The van der Waals surface area contributed by atoms with Crippen molar-refractivity contribution in [3.05, 3.63) is 59.8 Å². The third-order valence-corrected chi connectivity index (χ3v) is 4.53. The predicted octanol–water partition coefficient (Wildman–Crippen LogP) is 3.11. The fourth-order valence-electron chi connectivity index (χ4n) is 2.51. The van der Waals surface area contributed by atoms with Crippen molar-refractivity contribution in [2.45, 2.75) is 12.5 Å². The molecule has 0 aliphatic carbocycles. The molecule has 7 heteroatoms. The second-order valence-corrected chi connectivity index (χ2v) is 6.37. The molecular weight excluding hydrogens is 332 g/mol. The number of anilines is 1. The second kappa shape index (κ2) is 6.62. The minimum absolute atomic E-state index is 0.0557. The zero-order valence-electron chi connectivity index (χ0n) is 12.9. The van der Waals surface area contributed by atoms with Crippen LogP contribution in [-0.2, 0) is 11.2 Å². The van der Waals surface area contributed by atoms with Crippen LogP contribution >= 0.6 is 11.5 Å². The number of amides is 1. The van der Waals surface area contributed by atoms with E-state index in [0.29, 0.717) is 11.3 Å². The molecule has 2 aromatic carbocycles. The molecule has 2 N–H and O–H groups in total. The number of nitrogens with zero attached hydrogens (tertiary/aromatic N) is 2. The number of hydrogen-bond acceptors (Lipinski definition) is 4. The number of fused-ring (bicyclic) bond motifs is 1. The van der Waals surface area contributed by atoms with Crippen molar-refractivity contribution in [2.24, 2.45) is 5.73 Å². The summed E-state index contributed by atoms with van der Waals surface area (Å²) in [4.78, 5) is 13.9. The summed E-state index contributed by atoms with van der Waals surface area (Å²) >= 11 is 1.38. The third-order valence-electron chi connectivity index (χ3n) is 3.75. The van der Waals surface area contributed by atoms with Gasteiger partial charge in [-0.25, -0.2) is 8.78 Å². The molecule has 1 amide bonds. The van der Waals surface area contributed by atoms with Gasteiger partial charge >= 0.3 is 0 Å². The number of hydrogen-bond donors (Lipinski definition) is 1. The first-order valence-electron chi connectivity index (χ1n) is 7.26. The highest BCUT2D eigenvalue weighted by Gasteiger charge is 2.20. The zero-order valence-corrected chi connectivity index (χ0v) is 13.7. The summed E-state index contributed by atoms with van der Waals surface area (Å²) in [6.45, 7) is 0. The molecule has 1 aromatic heterocycles. The van der Waals surface area contributed by atoms with Crippen LogP contribution < -0.4 is 10.6 Å². The largest absolute Gasteiger partial charge is 0.320 e. The van der Waals surface area contributed by atoms with E-state index in [1.165, 1.54) is 28.6 Å². The van der Waals surface area contributed by atoms with Gasteiger partial charge in [-0.05, 0) is 53.8 Å². The molecule has 0 saturated heterocycles. The fourth-order valence-corrected chi connectivity index (χ4v) is 3.14. The van der Waals surface area contributed by atoms with E-state index in [1.807, 2.05) is 18.2 Å². The summed E-state index contributed by atoms with van der Waals surface area (Å²) in [5.41, 5.74) is 6.97. The first-order valence-corrected chi connectivity index (χ1v) is 8.04. The van der Waals surface area contributed by atoms with Gasteiger partial charge in [0.15, 0.2) is 0 Å². The van der Waals surface area contributed by atoms with Crippen molar-refractivity contribution >= 4 is 33.2 Å². The summed E-state index contributed by atoms with van der Waals surface area (Å²) in [7, 11) is 1.62. The SMILES string of the molecule is CN(C(=O)[C@@H](N)Cc1cc(F)cc(F)c1)c1ccc2sncc2c1. The van der Waals surface area contributed by atoms with Gasteiger partial charge in [-0.3, -0.25) is 4.79 Å². The Hall–Kier alpha value is -2.38. The average Bonchev–Trinajstić information content (AvgIpc) is 2.99. The molecule has 1 heterocycles. The molecule has 0 spiro atoms. The van der Waals surface area contributed by atoms with Crippen LogP contribution in [-0.4, -0.2) is 23.4 Å². The predicted molar refractivity (Wildman–Crippen MR) is 91.1 cm³/mol. The normalized spacial score (nSPS) is 12.3. The van der Waals surface area contributed by atoms with Gasteiger partial charge in [-0.1, -0.05) is 0 Å². The van der Waals surface area contributed by atoms with Crippen LogP contribution in [0.25, 0.3) is 10.1 Å². The zero-order chi connectivity index (χ0) is 17.3. The van der Waals surface area contributed by atoms with E-state index < -0.39 is 17.7 Å². The summed E-state index contributed by atoms with van der Waals surface area (Å²) in [5, 5.41) is 0.943. The highest BCUT2D eigenvalue weighted by Crippen LogP contribution is 2.24. The quantitative estimate of drug-likeness (QED) is 0.789. The Balaban J connectivity index is 1.76. The standard InChI is InChI=1S/C17H15F2N3OS/c1-22(14-2-3-16-11(7-14)9-21-24-16)17(23)15(20)6-10-4-12(18)8-13(19)5-10/h2-5,7-9,15H,6,20H2,1H3/t15-/m0/s1. The highest BCUT2D eigenvalue weighted by atomic mass is 32.1. The minimum Gasteiger partial charge on any atom is -0.320 e. The van der Waals surface area contributed by atoms with Crippen LogP contribution in [0.15, 0.2) is 42.6 Å². The van der Waals surface area contributed by atoms with Gasteiger partial charge in [0.25, 0.3) is 0 Å². The van der Waals surface area contributed by atoms with E-state index in [2.05, 4.69) is 4.37 Å². The number of carbonyl (C=O) groups excluding carboxylic acids is 1. The van der Waals surface area contributed by atoms with Crippen molar-refractivity contribution in [3.63, 3.8) is 0 Å². The maximum Gasteiger partial charge on any atom is 0.243 e. The monoisotopic (exact) mass is 347 g/mol. The molecule has 0 aliphatic heterocycles. The molecule has 0 unspecified atom stereocenters. The van der Waals surface area contributed by atoms with E-state index in [0.717, 1.165) is 16.2 Å². The molecular formula is C17H15F2N3OS. The molecule has 3 aromatic rings. The van der Waals surface area contributed by atoms with E-state index in [9.17, 15) is 13.6 Å². The minimum atomic E-state index is -0.896. The highest BCUT2D eigenvalue weighted by molar-refractivity contribution is 7.13. The van der Waals surface area contributed by atoms with Crippen molar-refractivity contribution in [1.82, 2.24) is 4.37 Å². The van der Waals surface area contributed by atoms with Crippen molar-refractivity contribution < 1.29 is 13.6 Å². The Labute approximate surface area is 141 Å². The number of aromatic nitrogens is 1. The van der Waals surface area contributed by atoms with E-state index in [4.69, 9.17) is 5.73 Å². The van der Waals surface area contributed by atoms with Gasteiger partial charge in [0.2, 0.25) is 5.91 Å². The third kappa shape index (κ3) is 3.42. The number of likely N-dealkylation sites (N-methyl/N-ethyl adjacent to an activating group) is 1. The lowest BCUT2D eigenvalue weighted by atomic mass is 10.0. The Morgan fingerprint density at radius 2 is 1.96 bits per heavy atom. The average molecular weight is 347 g/mol. The van der Waals surface area contributed by atoms with Crippen LogP contribution in [0.2, 0.25) is 0 Å². The first-order chi connectivity index (χ1) is 11.4. The van der Waals surface area contributed by atoms with Gasteiger partial charge < -0.3 is 10.6 Å². The van der Waals surface area contributed by atoms with Gasteiger partial charge in [0, 0.05) is 30.4 Å². The molecule has 0 aliphatic rings. The van der Waals surface area contributed by atoms with E-state index in [-0.39, 0.29) is 12.3 Å². The Morgan fingerprint density at radius 3 is 2.67 bits per heavy atom. The van der Waals surface area contributed by atoms with Gasteiger partial charge in [-0.15, -0.1) is 0 Å².